The second-order valence-electron chi connectivity index (χ2n) is 6.44. The van der Waals surface area contributed by atoms with Crippen LogP contribution in [-0.4, -0.2) is 24.5 Å². The number of nitrogens with zero attached hydrogens (tertiary/aromatic N) is 1. The number of nitrogens with two attached hydrogens (primary N) is 1. The summed E-state index contributed by atoms with van der Waals surface area (Å²) in [6.07, 6.45) is 3.75. The van der Waals surface area contributed by atoms with Gasteiger partial charge in [0, 0.05) is 11.1 Å². The maximum atomic E-state index is 14.1. The van der Waals surface area contributed by atoms with Gasteiger partial charge in [0.15, 0.2) is 17.5 Å². The highest BCUT2D eigenvalue weighted by atomic mass is 19.2. The molecule has 0 radical (unpaired) electrons. The molecule has 3 atom stereocenters. The summed E-state index contributed by atoms with van der Waals surface area (Å²) in [6.45, 7) is 2.14. The monoisotopic (exact) mass is 300 g/mol. The summed E-state index contributed by atoms with van der Waals surface area (Å²) in [6, 6.07) is 1.52. The van der Waals surface area contributed by atoms with E-state index in [1.54, 1.807) is 0 Å². The van der Waals surface area contributed by atoms with E-state index in [9.17, 15) is 13.2 Å². The molecule has 2 rings (SSSR count). The van der Waals surface area contributed by atoms with Crippen molar-refractivity contribution < 1.29 is 13.2 Å². The minimum Gasteiger partial charge on any atom is -0.322 e. The molecule has 0 saturated heterocycles. The zero-order chi connectivity index (χ0) is 15.8. The molecule has 5 heteroatoms. The third-order valence-corrected chi connectivity index (χ3v) is 4.88. The number of likely N-dealkylation sites (N-methyl/N-ethyl adjacent to an activating group) is 1. The first-order chi connectivity index (χ1) is 9.79. The van der Waals surface area contributed by atoms with E-state index in [1.807, 2.05) is 19.0 Å². The lowest BCUT2D eigenvalue weighted by Gasteiger charge is -2.49. The van der Waals surface area contributed by atoms with Crippen LogP contribution in [-0.2, 0) is 0 Å². The van der Waals surface area contributed by atoms with Crippen LogP contribution in [0.1, 0.15) is 44.2 Å². The zero-order valence-corrected chi connectivity index (χ0v) is 12.8. The fourth-order valence-corrected chi connectivity index (χ4v) is 3.60. The molecule has 1 aliphatic carbocycles. The smallest absolute Gasteiger partial charge is 0.194 e. The third kappa shape index (κ3) is 2.81. The number of rotatable bonds is 3. The van der Waals surface area contributed by atoms with Crippen LogP contribution in [0, 0.1) is 23.4 Å². The lowest BCUT2D eigenvalue weighted by Crippen LogP contribution is -2.55. The maximum absolute atomic E-state index is 14.1. The standard InChI is InChI=1S/C16H23F3N2/c1-10-5-4-8-16(9-10,21(2)3)15(20)11-6-7-12(17)14(19)13(11)18/h6-7,10,15H,4-5,8-9,20H2,1-3H3. The van der Waals surface area contributed by atoms with Crippen molar-refractivity contribution in [1.82, 2.24) is 4.90 Å². The van der Waals surface area contributed by atoms with Crippen LogP contribution in [0.3, 0.4) is 0 Å². The average molecular weight is 300 g/mol. The van der Waals surface area contributed by atoms with Gasteiger partial charge in [0.2, 0.25) is 0 Å². The third-order valence-electron chi connectivity index (χ3n) is 4.88. The summed E-state index contributed by atoms with van der Waals surface area (Å²) < 4.78 is 40.7. The summed E-state index contributed by atoms with van der Waals surface area (Å²) >= 11 is 0. The van der Waals surface area contributed by atoms with Crippen molar-refractivity contribution in [2.24, 2.45) is 11.7 Å². The normalized spacial score (nSPS) is 27.9. The van der Waals surface area contributed by atoms with Crippen LogP contribution in [0.2, 0.25) is 0 Å². The van der Waals surface area contributed by atoms with Crippen LogP contribution < -0.4 is 5.73 Å². The van der Waals surface area contributed by atoms with Crippen LogP contribution in [0.5, 0.6) is 0 Å². The number of hydrogen-bond donors (Lipinski definition) is 1. The summed E-state index contributed by atoms with van der Waals surface area (Å²) in [5.74, 6) is -3.32. The molecule has 1 aromatic carbocycles. The molecular formula is C16H23F3N2. The SMILES string of the molecule is CC1CCCC(C(N)c2ccc(F)c(F)c2F)(N(C)C)C1. The van der Waals surface area contributed by atoms with E-state index in [-0.39, 0.29) is 5.56 Å². The zero-order valence-electron chi connectivity index (χ0n) is 12.8. The minimum absolute atomic E-state index is 0.0525. The van der Waals surface area contributed by atoms with Gasteiger partial charge in [0.25, 0.3) is 0 Å². The van der Waals surface area contributed by atoms with Gasteiger partial charge in [-0.3, -0.25) is 0 Å². The van der Waals surface area contributed by atoms with Crippen LogP contribution in [0.25, 0.3) is 0 Å². The van der Waals surface area contributed by atoms with E-state index < -0.39 is 29.0 Å². The van der Waals surface area contributed by atoms with Gasteiger partial charge in [-0.25, -0.2) is 13.2 Å². The van der Waals surface area contributed by atoms with E-state index in [0.717, 1.165) is 31.7 Å². The largest absolute Gasteiger partial charge is 0.322 e. The van der Waals surface area contributed by atoms with Crippen molar-refractivity contribution in [3.05, 3.63) is 35.1 Å². The molecule has 1 aromatic rings. The second-order valence-corrected chi connectivity index (χ2v) is 6.44. The summed E-state index contributed by atoms with van der Waals surface area (Å²) in [5.41, 5.74) is 5.94. The first-order valence-corrected chi connectivity index (χ1v) is 7.36. The Morgan fingerprint density at radius 1 is 1.24 bits per heavy atom. The fourth-order valence-electron chi connectivity index (χ4n) is 3.60. The van der Waals surface area contributed by atoms with Gasteiger partial charge in [0.1, 0.15) is 0 Å². The Hall–Kier alpha value is -1.07. The molecule has 0 aromatic heterocycles. The van der Waals surface area contributed by atoms with Gasteiger partial charge in [-0.2, -0.15) is 0 Å². The average Bonchev–Trinajstić information content (AvgIpc) is 2.44. The first-order valence-electron chi connectivity index (χ1n) is 7.36. The molecular weight excluding hydrogens is 277 g/mol. The van der Waals surface area contributed by atoms with Crippen molar-refractivity contribution in [3.8, 4) is 0 Å². The Kier molecular flexibility index (Phi) is 4.63. The molecule has 0 bridgehead atoms. The van der Waals surface area contributed by atoms with Crippen molar-refractivity contribution >= 4 is 0 Å². The fraction of sp³-hybridized carbons (Fsp3) is 0.625. The van der Waals surface area contributed by atoms with E-state index in [1.165, 1.54) is 6.07 Å². The van der Waals surface area contributed by atoms with Crippen molar-refractivity contribution in [3.63, 3.8) is 0 Å². The molecule has 1 saturated carbocycles. The second kappa shape index (κ2) is 5.97. The first kappa shape index (κ1) is 16.3. The Balaban J connectivity index is 2.44. The molecule has 1 aliphatic rings. The molecule has 0 heterocycles. The molecule has 1 fully saturated rings. The Morgan fingerprint density at radius 3 is 2.48 bits per heavy atom. The topological polar surface area (TPSA) is 29.3 Å². The predicted molar refractivity (Wildman–Crippen MR) is 77.3 cm³/mol. The molecule has 0 amide bonds. The molecule has 118 valence electrons. The quantitative estimate of drug-likeness (QED) is 0.864. The highest BCUT2D eigenvalue weighted by molar-refractivity contribution is 5.27. The molecule has 0 aliphatic heterocycles. The summed E-state index contributed by atoms with van der Waals surface area (Å²) in [5, 5.41) is 0. The number of hydrogen-bond acceptors (Lipinski definition) is 2. The van der Waals surface area contributed by atoms with Gasteiger partial charge in [0.05, 0.1) is 6.04 Å². The van der Waals surface area contributed by atoms with Crippen LogP contribution in [0.4, 0.5) is 13.2 Å². The summed E-state index contributed by atoms with van der Waals surface area (Å²) in [4.78, 5) is 2.01. The Labute approximate surface area is 124 Å². The highest BCUT2D eigenvalue weighted by Gasteiger charge is 2.43. The Bertz CT molecular complexity index is 518. The maximum Gasteiger partial charge on any atom is 0.194 e. The van der Waals surface area contributed by atoms with Crippen LogP contribution >= 0.6 is 0 Å². The molecule has 21 heavy (non-hydrogen) atoms. The van der Waals surface area contributed by atoms with Crippen molar-refractivity contribution in [2.45, 2.75) is 44.2 Å². The van der Waals surface area contributed by atoms with E-state index >= 15 is 0 Å². The van der Waals surface area contributed by atoms with Crippen molar-refractivity contribution in [1.29, 1.82) is 0 Å². The molecule has 3 unspecified atom stereocenters. The van der Waals surface area contributed by atoms with Gasteiger partial charge in [-0.1, -0.05) is 25.8 Å². The van der Waals surface area contributed by atoms with E-state index in [4.69, 9.17) is 5.73 Å². The van der Waals surface area contributed by atoms with Crippen molar-refractivity contribution in [2.75, 3.05) is 14.1 Å². The molecule has 2 nitrogen and oxygen atoms in total. The minimum atomic E-state index is -1.44. The van der Waals surface area contributed by atoms with Gasteiger partial charge in [-0.15, -0.1) is 0 Å². The Morgan fingerprint density at radius 2 is 1.90 bits per heavy atom. The number of benzene rings is 1. The van der Waals surface area contributed by atoms with Gasteiger partial charge in [-0.05, 0) is 38.9 Å². The van der Waals surface area contributed by atoms with Gasteiger partial charge >= 0.3 is 0 Å². The molecule has 0 spiro atoms. The number of halogens is 3. The molecule has 2 N–H and O–H groups in total. The lowest BCUT2D eigenvalue weighted by molar-refractivity contribution is 0.0486. The lowest BCUT2D eigenvalue weighted by atomic mass is 9.70. The van der Waals surface area contributed by atoms with Crippen LogP contribution in [0.15, 0.2) is 12.1 Å². The summed E-state index contributed by atoms with van der Waals surface area (Å²) in [7, 11) is 3.82. The van der Waals surface area contributed by atoms with E-state index in [0.29, 0.717) is 5.92 Å². The van der Waals surface area contributed by atoms with E-state index in [2.05, 4.69) is 6.92 Å². The predicted octanol–water partition coefficient (Wildman–Crippen LogP) is 3.61. The van der Waals surface area contributed by atoms with Gasteiger partial charge < -0.3 is 10.6 Å². The highest BCUT2D eigenvalue weighted by Crippen LogP contribution is 2.43.